The molecule has 2 aromatic rings. The van der Waals surface area contributed by atoms with Gasteiger partial charge in [0.05, 0.1) is 25.6 Å². The second-order valence-corrected chi connectivity index (χ2v) is 7.81. The van der Waals surface area contributed by atoms with E-state index in [9.17, 15) is 9.59 Å². The Morgan fingerprint density at radius 2 is 2.03 bits per heavy atom. The van der Waals surface area contributed by atoms with Crippen LogP contribution in [0.3, 0.4) is 0 Å². The van der Waals surface area contributed by atoms with Crippen LogP contribution in [-0.2, 0) is 11.3 Å². The van der Waals surface area contributed by atoms with E-state index in [-0.39, 0.29) is 11.7 Å². The molecule has 1 aromatic heterocycles. The average Bonchev–Trinajstić information content (AvgIpc) is 3.03. The number of carbonyl (C=O) groups is 2. The number of carbonyl (C=O) groups excluding carboxylic acids is 2. The molecule has 2 aliphatic heterocycles. The zero-order valence-corrected chi connectivity index (χ0v) is 17.1. The number of hydrogen-bond acceptors (Lipinski definition) is 6. The summed E-state index contributed by atoms with van der Waals surface area (Å²) in [6.07, 6.45) is 2.02. The number of rotatable bonds is 4. The van der Waals surface area contributed by atoms with Crippen LogP contribution in [0.5, 0.6) is 11.5 Å². The van der Waals surface area contributed by atoms with Crippen molar-refractivity contribution in [2.24, 2.45) is 0 Å². The van der Waals surface area contributed by atoms with Gasteiger partial charge in [-0.1, -0.05) is 0 Å². The molecule has 8 nitrogen and oxygen atoms in total. The highest BCUT2D eigenvalue weighted by Crippen LogP contribution is 2.40. The fraction of sp³-hybridized carbons (Fsp3) is 0.524. The number of aromatic nitrogens is 3. The molecule has 29 heavy (non-hydrogen) atoms. The third-order valence-electron chi connectivity index (χ3n) is 5.83. The van der Waals surface area contributed by atoms with E-state index in [4.69, 9.17) is 9.47 Å². The first kappa shape index (κ1) is 19.4. The molecule has 1 amide bonds. The Hall–Kier alpha value is -2.90. The maximum Gasteiger partial charge on any atom is 0.224 e. The fourth-order valence-corrected chi connectivity index (χ4v) is 4.18. The molecule has 1 fully saturated rings. The van der Waals surface area contributed by atoms with Crippen molar-refractivity contribution in [2.75, 3.05) is 20.2 Å². The second kappa shape index (κ2) is 7.50. The Labute approximate surface area is 169 Å². The second-order valence-electron chi connectivity index (χ2n) is 7.81. The molecule has 2 aliphatic rings. The number of benzene rings is 1. The van der Waals surface area contributed by atoms with Gasteiger partial charge < -0.3 is 14.4 Å². The number of likely N-dealkylation sites (tertiary alicyclic amines) is 1. The number of methoxy groups -OCH3 is 1. The van der Waals surface area contributed by atoms with Gasteiger partial charge in [-0.2, -0.15) is 5.10 Å². The van der Waals surface area contributed by atoms with Crippen molar-refractivity contribution in [2.45, 2.75) is 51.7 Å². The van der Waals surface area contributed by atoms with E-state index in [0.717, 1.165) is 5.82 Å². The van der Waals surface area contributed by atoms with Gasteiger partial charge in [0.25, 0.3) is 0 Å². The number of hydrogen-bond donors (Lipinski definition) is 0. The van der Waals surface area contributed by atoms with Crippen LogP contribution in [0, 0.1) is 13.8 Å². The molecular weight excluding hydrogens is 372 g/mol. The molecular formula is C21H26N4O4. The van der Waals surface area contributed by atoms with Gasteiger partial charge in [-0.25, -0.2) is 9.67 Å². The van der Waals surface area contributed by atoms with Gasteiger partial charge in [0.2, 0.25) is 5.91 Å². The van der Waals surface area contributed by atoms with E-state index in [2.05, 4.69) is 10.1 Å². The van der Waals surface area contributed by atoms with Crippen molar-refractivity contribution in [3.8, 4) is 11.5 Å². The van der Waals surface area contributed by atoms with Crippen molar-refractivity contribution in [3.63, 3.8) is 0 Å². The Kier molecular flexibility index (Phi) is 5.02. The number of amides is 1. The lowest BCUT2D eigenvalue weighted by atomic mass is 9.82. The summed E-state index contributed by atoms with van der Waals surface area (Å²) in [7, 11) is 1.59. The van der Waals surface area contributed by atoms with E-state index in [1.807, 2.05) is 18.7 Å². The summed E-state index contributed by atoms with van der Waals surface area (Å²) in [5.41, 5.74) is 0.0701. The molecule has 1 spiro atoms. The number of ether oxygens (including phenoxy) is 2. The van der Waals surface area contributed by atoms with E-state index < -0.39 is 5.60 Å². The van der Waals surface area contributed by atoms with E-state index in [1.165, 1.54) is 0 Å². The van der Waals surface area contributed by atoms with Crippen molar-refractivity contribution < 1.29 is 19.1 Å². The number of ketones is 1. The molecule has 0 aliphatic carbocycles. The molecule has 0 atom stereocenters. The SMILES string of the molecule is COc1ccc2c(c1)OC1(CCN(C(=O)CCn3nc(C)nc3C)CC1)CC2=O. The fourth-order valence-electron chi connectivity index (χ4n) is 4.18. The minimum Gasteiger partial charge on any atom is -0.497 e. The van der Waals surface area contributed by atoms with Gasteiger partial charge in [-0.3, -0.25) is 9.59 Å². The van der Waals surface area contributed by atoms with Gasteiger partial charge in [0.15, 0.2) is 5.78 Å². The zero-order chi connectivity index (χ0) is 20.6. The molecule has 0 bridgehead atoms. The lowest BCUT2D eigenvalue weighted by Crippen LogP contribution is -2.52. The molecule has 0 unspecified atom stereocenters. The molecule has 0 radical (unpaired) electrons. The monoisotopic (exact) mass is 398 g/mol. The number of fused-ring (bicyclic) bond motifs is 1. The molecule has 0 N–H and O–H groups in total. The summed E-state index contributed by atoms with van der Waals surface area (Å²) in [6, 6.07) is 5.31. The minimum absolute atomic E-state index is 0.0886. The summed E-state index contributed by atoms with van der Waals surface area (Å²) in [6.45, 7) is 5.42. The first-order valence-electron chi connectivity index (χ1n) is 9.95. The van der Waals surface area contributed by atoms with Crippen LogP contribution in [0.15, 0.2) is 18.2 Å². The smallest absolute Gasteiger partial charge is 0.224 e. The molecule has 8 heteroatoms. The Bertz CT molecular complexity index is 944. The van der Waals surface area contributed by atoms with E-state index in [0.29, 0.717) is 68.2 Å². The van der Waals surface area contributed by atoms with E-state index >= 15 is 0 Å². The van der Waals surface area contributed by atoms with Crippen LogP contribution in [0.2, 0.25) is 0 Å². The predicted octanol–water partition coefficient (Wildman–Crippen LogP) is 2.32. The third-order valence-corrected chi connectivity index (χ3v) is 5.83. The molecule has 0 saturated carbocycles. The van der Waals surface area contributed by atoms with Gasteiger partial charge in [-0.05, 0) is 26.0 Å². The lowest BCUT2D eigenvalue weighted by molar-refractivity contribution is -0.135. The van der Waals surface area contributed by atoms with Gasteiger partial charge in [0.1, 0.15) is 28.7 Å². The largest absolute Gasteiger partial charge is 0.497 e. The van der Waals surface area contributed by atoms with Gasteiger partial charge in [0, 0.05) is 38.4 Å². The number of nitrogens with zero attached hydrogens (tertiary/aromatic N) is 4. The highest BCUT2D eigenvalue weighted by molar-refractivity contribution is 6.00. The summed E-state index contributed by atoms with van der Waals surface area (Å²) in [4.78, 5) is 31.4. The van der Waals surface area contributed by atoms with E-state index in [1.54, 1.807) is 30.0 Å². The summed E-state index contributed by atoms with van der Waals surface area (Å²) >= 11 is 0. The van der Waals surface area contributed by atoms with Gasteiger partial charge >= 0.3 is 0 Å². The van der Waals surface area contributed by atoms with Crippen molar-refractivity contribution in [3.05, 3.63) is 35.4 Å². The normalized spacial score (nSPS) is 17.8. The zero-order valence-electron chi connectivity index (χ0n) is 17.1. The van der Waals surface area contributed by atoms with Crippen molar-refractivity contribution in [1.29, 1.82) is 0 Å². The van der Waals surface area contributed by atoms with Crippen LogP contribution in [-0.4, -0.2) is 57.2 Å². The number of piperidine rings is 1. The maximum atomic E-state index is 12.7. The van der Waals surface area contributed by atoms with Crippen molar-refractivity contribution >= 4 is 11.7 Å². The van der Waals surface area contributed by atoms with Crippen molar-refractivity contribution in [1.82, 2.24) is 19.7 Å². The Balaban J connectivity index is 1.38. The minimum atomic E-state index is -0.535. The summed E-state index contributed by atoms with van der Waals surface area (Å²) in [5, 5.41) is 4.31. The quantitative estimate of drug-likeness (QED) is 0.786. The molecule has 4 rings (SSSR count). The van der Waals surface area contributed by atoms with Crippen LogP contribution in [0.1, 0.15) is 47.7 Å². The summed E-state index contributed by atoms with van der Waals surface area (Å²) in [5.74, 6) is 2.96. The Morgan fingerprint density at radius 1 is 1.28 bits per heavy atom. The first-order chi connectivity index (χ1) is 13.9. The number of Topliss-reactive ketones (excluding diaryl/α,β-unsaturated/α-hetero) is 1. The summed E-state index contributed by atoms with van der Waals surface area (Å²) < 4.78 is 13.3. The van der Waals surface area contributed by atoms with Crippen LogP contribution >= 0.6 is 0 Å². The number of aryl methyl sites for hydroxylation is 3. The lowest BCUT2D eigenvalue weighted by Gasteiger charge is -2.44. The Morgan fingerprint density at radius 3 is 2.69 bits per heavy atom. The predicted molar refractivity (Wildman–Crippen MR) is 105 cm³/mol. The van der Waals surface area contributed by atoms with Crippen LogP contribution in [0.4, 0.5) is 0 Å². The molecule has 1 aromatic carbocycles. The van der Waals surface area contributed by atoms with Crippen LogP contribution < -0.4 is 9.47 Å². The van der Waals surface area contributed by atoms with Crippen LogP contribution in [0.25, 0.3) is 0 Å². The first-order valence-corrected chi connectivity index (χ1v) is 9.95. The third kappa shape index (κ3) is 3.83. The molecule has 1 saturated heterocycles. The average molecular weight is 398 g/mol. The molecule has 154 valence electrons. The highest BCUT2D eigenvalue weighted by Gasteiger charge is 2.43. The highest BCUT2D eigenvalue weighted by atomic mass is 16.5. The molecule has 3 heterocycles. The standard InChI is InChI=1S/C21H26N4O4/c1-14-22-15(2)25(23-14)9-6-20(27)24-10-7-21(8-11-24)13-18(26)17-5-4-16(28-3)12-19(17)29-21/h4-5,12H,6-11,13H2,1-3H3. The maximum absolute atomic E-state index is 12.7. The van der Waals surface area contributed by atoms with Gasteiger partial charge in [-0.15, -0.1) is 0 Å². The topological polar surface area (TPSA) is 86.6 Å².